The highest BCUT2D eigenvalue weighted by Gasteiger charge is 2.30. The van der Waals surface area contributed by atoms with Crippen molar-refractivity contribution in [3.05, 3.63) is 64.3 Å². The quantitative estimate of drug-likeness (QED) is 0.670. The molecule has 0 unspecified atom stereocenters. The monoisotopic (exact) mass is 400 g/mol. The molecule has 28 heavy (non-hydrogen) atoms. The lowest BCUT2D eigenvalue weighted by Crippen LogP contribution is -2.39. The number of rotatable bonds is 4. The van der Waals surface area contributed by atoms with Crippen molar-refractivity contribution in [3.8, 4) is 0 Å². The lowest BCUT2D eigenvalue weighted by atomic mass is 9.99. The molecule has 1 atom stereocenters. The molecule has 2 aromatic carbocycles. The molecule has 1 saturated heterocycles. The molecular formula is C20H24N4O3S. The van der Waals surface area contributed by atoms with Gasteiger partial charge in [-0.2, -0.15) is 5.10 Å². The van der Waals surface area contributed by atoms with Crippen LogP contribution in [0.4, 0.5) is 0 Å². The van der Waals surface area contributed by atoms with Crippen molar-refractivity contribution in [2.24, 2.45) is 7.05 Å². The Kier molecular flexibility index (Phi) is 4.84. The van der Waals surface area contributed by atoms with Crippen LogP contribution in [0.3, 0.4) is 0 Å². The van der Waals surface area contributed by atoms with Gasteiger partial charge in [0.2, 0.25) is 10.0 Å². The maximum Gasteiger partial charge on any atom is 0.345 e. The third-order valence-electron chi connectivity index (χ3n) is 5.49. The van der Waals surface area contributed by atoms with Gasteiger partial charge in [-0.1, -0.05) is 42.5 Å². The molecule has 1 aliphatic rings. The van der Waals surface area contributed by atoms with E-state index < -0.39 is 10.0 Å². The maximum absolute atomic E-state index is 12.8. The smallest absolute Gasteiger partial charge is 0.282 e. The normalized spacial score (nSPS) is 18.6. The highest BCUT2D eigenvalue weighted by atomic mass is 32.2. The van der Waals surface area contributed by atoms with E-state index in [4.69, 9.17) is 0 Å². The zero-order chi connectivity index (χ0) is 19.9. The third kappa shape index (κ3) is 3.49. The fourth-order valence-electron chi connectivity index (χ4n) is 4.01. The van der Waals surface area contributed by atoms with E-state index in [1.165, 1.54) is 15.2 Å². The number of hydrogen-bond donors (Lipinski definition) is 0. The molecule has 1 aliphatic heterocycles. The van der Waals surface area contributed by atoms with Crippen LogP contribution in [0, 0.1) is 0 Å². The molecule has 0 bridgehead atoms. The van der Waals surface area contributed by atoms with Gasteiger partial charge in [0.25, 0.3) is 0 Å². The fraction of sp³-hybridized carbons (Fsp3) is 0.400. The predicted octanol–water partition coefficient (Wildman–Crippen LogP) is 1.92. The zero-order valence-electron chi connectivity index (χ0n) is 16.1. The molecule has 0 aliphatic carbocycles. The van der Waals surface area contributed by atoms with Gasteiger partial charge in [0, 0.05) is 26.1 Å². The summed E-state index contributed by atoms with van der Waals surface area (Å²) in [6.45, 7) is 1.29. The minimum Gasteiger partial charge on any atom is -0.282 e. The minimum atomic E-state index is -3.24. The Morgan fingerprint density at radius 2 is 1.89 bits per heavy atom. The van der Waals surface area contributed by atoms with Gasteiger partial charge in [-0.05, 0) is 29.2 Å². The summed E-state index contributed by atoms with van der Waals surface area (Å²) >= 11 is 0. The van der Waals surface area contributed by atoms with Crippen molar-refractivity contribution in [1.82, 2.24) is 18.7 Å². The fourth-order valence-corrected chi connectivity index (χ4v) is 4.92. The number of fused-ring (bicyclic) bond motifs is 1. The first-order valence-electron chi connectivity index (χ1n) is 9.40. The molecule has 8 heteroatoms. The van der Waals surface area contributed by atoms with Crippen LogP contribution in [0.15, 0.2) is 47.3 Å². The van der Waals surface area contributed by atoms with E-state index >= 15 is 0 Å². The SMILES string of the molecule is Cn1c([C@H]2CCCN(S(C)(=O)=O)C2)nn(Cc2cccc3ccccc23)c1=O. The van der Waals surface area contributed by atoms with Crippen LogP contribution >= 0.6 is 0 Å². The molecule has 3 aromatic rings. The first-order chi connectivity index (χ1) is 13.3. The molecule has 148 valence electrons. The first-order valence-corrected chi connectivity index (χ1v) is 11.2. The Morgan fingerprint density at radius 3 is 2.68 bits per heavy atom. The van der Waals surface area contributed by atoms with E-state index in [1.54, 1.807) is 11.6 Å². The van der Waals surface area contributed by atoms with Gasteiger partial charge >= 0.3 is 5.69 Å². The number of hydrogen-bond acceptors (Lipinski definition) is 4. The molecule has 0 radical (unpaired) electrons. The summed E-state index contributed by atoms with van der Waals surface area (Å²) in [5.74, 6) is 0.577. The lowest BCUT2D eigenvalue weighted by Gasteiger charge is -2.30. The second kappa shape index (κ2) is 7.18. The Bertz CT molecular complexity index is 1170. The standard InChI is InChI=1S/C20H24N4O3S/c1-22-19(17-10-6-12-23(13-17)28(2,26)27)21-24(20(22)25)14-16-9-5-8-15-7-3-4-11-18(15)16/h3-5,7-9,11,17H,6,10,12-14H2,1-2H3/t17-/m0/s1. The van der Waals surface area contributed by atoms with E-state index in [0.717, 1.165) is 29.2 Å². The first kappa shape index (κ1) is 18.9. The summed E-state index contributed by atoms with van der Waals surface area (Å²) in [7, 11) is -1.53. The minimum absolute atomic E-state index is 0.0741. The number of sulfonamides is 1. The molecule has 0 saturated carbocycles. The highest BCUT2D eigenvalue weighted by molar-refractivity contribution is 7.88. The van der Waals surface area contributed by atoms with Gasteiger partial charge in [0.05, 0.1) is 12.8 Å². The number of nitrogens with zero attached hydrogens (tertiary/aromatic N) is 4. The van der Waals surface area contributed by atoms with Crippen molar-refractivity contribution in [2.45, 2.75) is 25.3 Å². The lowest BCUT2D eigenvalue weighted by molar-refractivity contribution is 0.307. The zero-order valence-corrected chi connectivity index (χ0v) is 16.9. The van der Waals surface area contributed by atoms with Crippen molar-refractivity contribution in [3.63, 3.8) is 0 Å². The Balaban J connectivity index is 1.67. The summed E-state index contributed by atoms with van der Waals surface area (Å²) in [5.41, 5.74) is 0.852. The van der Waals surface area contributed by atoms with Crippen LogP contribution in [0.25, 0.3) is 10.8 Å². The Labute approximate surface area is 164 Å². The van der Waals surface area contributed by atoms with E-state index in [9.17, 15) is 13.2 Å². The van der Waals surface area contributed by atoms with Crippen molar-refractivity contribution < 1.29 is 8.42 Å². The van der Waals surface area contributed by atoms with Gasteiger partial charge in [0.1, 0.15) is 5.82 Å². The molecule has 1 fully saturated rings. The van der Waals surface area contributed by atoms with Gasteiger partial charge < -0.3 is 0 Å². The van der Waals surface area contributed by atoms with Crippen molar-refractivity contribution >= 4 is 20.8 Å². The van der Waals surface area contributed by atoms with Crippen LogP contribution in [-0.4, -0.2) is 46.4 Å². The average molecular weight is 401 g/mol. The molecule has 0 N–H and O–H groups in total. The van der Waals surface area contributed by atoms with Gasteiger partial charge in [-0.3, -0.25) is 4.57 Å². The van der Waals surface area contributed by atoms with Gasteiger partial charge in [-0.15, -0.1) is 0 Å². The van der Waals surface area contributed by atoms with Gasteiger partial charge in [-0.25, -0.2) is 22.2 Å². The summed E-state index contributed by atoms with van der Waals surface area (Å²) in [5, 5.41) is 6.82. The topological polar surface area (TPSA) is 77.2 Å². The predicted molar refractivity (Wildman–Crippen MR) is 109 cm³/mol. The summed E-state index contributed by atoms with van der Waals surface area (Å²) in [6, 6.07) is 14.1. The molecule has 2 heterocycles. The number of piperidine rings is 1. The van der Waals surface area contributed by atoms with Crippen LogP contribution in [0.1, 0.15) is 30.1 Å². The van der Waals surface area contributed by atoms with Crippen LogP contribution in [0.2, 0.25) is 0 Å². The Hall–Kier alpha value is -2.45. The third-order valence-corrected chi connectivity index (χ3v) is 6.76. The molecule has 0 spiro atoms. The van der Waals surface area contributed by atoms with Crippen LogP contribution < -0.4 is 5.69 Å². The summed E-state index contributed by atoms with van der Waals surface area (Å²) < 4.78 is 28.4. The van der Waals surface area contributed by atoms with Gasteiger partial charge in [0.15, 0.2) is 0 Å². The van der Waals surface area contributed by atoms with Crippen LogP contribution in [0.5, 0.6) is 0 Å². The second-order valence-electron chi connectivity index (χ2n) is 7.46. The molecule has 0 amide bonds. The van der Waals surface area contributed by atoms with Crippen LogP contribution in [-0.2, 0) is 23.6 Å². The molecule has 7 nitrogen and oxygen atoms in total. The maximum atomic E-state index is 12.8. The number of benzene rings is 2. The van der Waals surface area contributed by atoms with E-state index in [1.807, 2.05) is 42.5 Å². The van der Waals surface area contributed by atoms with E-state index in [2.05, 4.69) is 5.10 Å². The molecule has 4 rings (SSSR count). The van der Waals surface area contributed by atoms with E-state index in [-0.39, 0.29) is 11.6 Å². The summed E-state index contributed by atoms with van der Waals surface area (Å²) in [6.07, 6.45) is 2.82. The molecular weight excluding hydrogens is 376 g/mol. The average Bonchev–Trinajstić information content (AvgIpc) is 2.96. The Morgan fingerprint density at radius 1 is 1.14 bits per heavy atom. The largest absolute Gasteiger partial charge is 0.345 e. The highest BCUT2D eigenvalue weighted by Crippen LogP contribution is 2.26. The van der Waals surface area contributed by atoms with Crippen molar-refractivity contribution in [1.29, 1.82) is 0 Å². The molecule has 1 aromatic heterocycles. The number of aromatic nitrogens is 3. The van der Waals surface area contributed by atoms with Crippen molar-refractivity contribution in [2.75, 3.05) is 19.3 Å². The second-order valence-corrected chi connectivity index (χ2v) is 9.44. The van der Waals surface area contributed by atoms with E-state index in [0.29, 0.717) is 25.5 Å². The summed E-state index contributed by atoms with van der Waals surface area (Å²) in [4.78, 5) is 12.8.